The van der Waals surface area contributed by atoms with Gasteiger partial charge in [-0.3, -0.25) is 44.0 Å². The van der Waals surface area contributed by atoms with Crippen LogP contribution in [-0.4, -0.2) is 91.6 Å². The van der Waals surface area contributed by atoms with Gasteiger partial charge in [-0.1, -0.05) is 57.2 Å². The number of amides is 6. The Labute approximate surface area is 351 Å². The van der Waals surface area contributed by atoms with Crippen molar-refractivity contribution >= 4 is 57.9 Å². The molecule has 2 aliphatic rings. The lowest BCUT2D eigenvalue weighted by Gasteiger charge is -2.34. The van der Waals surface area contributed by atoms with Crippen LogP contribution >= 0.6 is 0 Å². The van der Waals surface area contributed by atoms with Crippen LogP contribution in [0.3, 0.4) is 0 Å². The van der Waals surface area contributed by atoms with Gasteiger partial charge in [-0.25, -0.2) is 9.78 Å². The lowest BCUT2D eigenvalue weighted by Crippen LogP contribution is -2.55. The third-order valence-corrected chi connectivity index (χ3v) is 10.5. The number of nitrogens with zero attached hydrogens (tertiary/aromatic N) is 5. The molecule has 0 radical (unpaired) electrons. The first-order valence-electron chi connectivity index (χ1n) is 20.0. The number of imide groups is 2. The number of fused-ring (bicyclic) bond motifs is 2. The average Bonchev–Trinajstić information content (AvgIpc) is 3.96. The number of H-pyrrole nitrogens is 1. The van der Waals surface area contributed by atoms with Crippen molar-refractivity contribution in [1.29, 1.82) is 0 Å². The number of piperidine rings is 1. The Bertz CT molecular complexity index is 2610. The standard InChI is InChI=1S/C45H45N9O7/c1-45(2,3)37-25-38(51-50-37)49-44(59)48-29-12-14-30(15-13-29)53-27-47-34-24-31(16-17-35(34)53)61-23-22-60-21-20-46-33-11-7-10-32-40(33)43(58)54(41(32)56)36-18-19-39(55)52(42(36)57)26-28-8-5-4-6-9-28/h4-17,24-25,27,36,46H,18-23,26H2,1-3H3,(H3,48,49,50,51,59). The highest BCUT2D eigenvalue weighted by atomic mass is 16.5. The number of benzene rings is 4. The van der Waals surface area contributed by atoms with Crippen LogP contribution in [0.1, 0.15) is 65.6 Å². The highest BCUT2D eigenvalue weighted by Crippen LogP contribution is 2.34. The van der Waals surface area contributed by atoms with E-state index < -0.39 is 23.8 Å². The van der Waals surface area contributed by atoms with Crippen molar-refractivity contribution in [2.45, 2.75) is 51.6 Å². The predicted octanol–water partition coefficient (Wildman–Crippen LogP) is 6.51. The number of urea groups is 1. The molecule has 8 rings (SSSR count). The monoisotopic (exact) mass is 823 g/mol. The van der Waals surface area contributed by atoms with Crippen molar-refractivity contribution in [3.8, 4) is 11.4 Å². The smallest absolute Gasteiger partial charge is 0.324 e. The molecule has 4 heterocycles. The van der Waals surface area contributed by atoms with Crippen molar-refractivity contribution in [1.82, 2.24) is 29.5 Å². The lowest BCUT2D eigenvalue weighted by molar-refractivity contribution is -0.152. The maximum atomic E-state index is 13.7. The number of anilines is 3. The lowest BCUT2D eigenvalue weighted by atomic mass is 9.92. The molecule has 6 aromatic rings. The number of hydrogen-bond donors (Lipinski definition) is 4. The van der Waals surface area contributed by atoms with E-state index in [0.29, 0.717) is 42.7 Å². The van der Waals surface area contributed by atoms with Crippen LogP contribution in [-0.2, 0) is 26.3 Å². The molecule has 2 aliphatic heterocycles. The van der Waals surface area contributed by atoms with Crippen LogP contribution in [0, 0.1) is 0 Å². The fourth-order valence-corrected chi connectivity index (χ4v) is 7.35. The average molecular weight is 824 g/mol. The number of aromatic amines is 1. The first-order chi connectivity index (χ1) is 29.4. The third kappa shape index (κ3) is 8.70. The van der Waals surface area contributed by atoms with E-state index in [1.807, 2.05) is 104 Å². The Morgan fingerprint density at radius 2 is 1.67 bits per heavy atom. The molecule has 1 saturated heterocycles. The van der Waals surface area contributed by atoms with Gasteiger partial charge in [0.25, 0.3) is 17.7 Å². The number of imidazole rings is 1. The summed E-state index contributed by atoms with van der Waals surface area (Å²) >= 11 is 0. The fourth-order valence-electron chi connectivity index (χ4n) is 7.35. The van der Waals surface area contributed by atoms with Crippen molar-refractivity contribution in [2.75, 3.05) is 42.3 Å². The van der Waals surface area contributed by atoms with E-state index in [9.17, 15) is 24.0 Å². The molecule has 0 bridgehead atoms. The zero-order chi connectivity index (χ0) is 42.7. The maximum absolute atomic E-state index is 13.7. The Hall–Kier alpha value is -7.33. The summed E-state index contributed by atoms with van der Waals surface area (Å²) in [7, 11) is 0. The van der Waals surface area contributed by atoms with Gasteiger partial charge >= 0.3 is 6.03 Å². The van der Waals surface area contributed by atoms with E-state index in [-0.39, 0.29) is 54.5 Å². The summed E-state index contributed by atoms with van der Waals surface area (Å²) in [5, 5.41) is 15.9. The molecule has 4 aromatic carbocycles. The molecule has 61 heavy (non-hydrogen) atoms. The molecule has 4 N–H and O–H groups in total. The number of aromatic nitrogens is 4. The van der Waals surface area contributed by atoms with Crippen LogP contribution in [0.4, 0.5) is 22.0 Å². The number of ether oxygens (including phenoxy) is 2. The van der Waals surface area contributed by atoms with Gasteiger partial charge in [-0.05, 0) is 60.5 Å². The normalized spacial score (nSPS) is 15.4. The van der Waals surface area contributed by atoms with Crippen molar-refractivity contribution < 1.29 is 33.4 Å². The number of rotatable bonds is 14. The Balaban J connectivity index is 0.791. The van der Waals surface area contributed by atoms with Crippen molar-refractivity contribution in [3.05, 3.63) is 126 Å². The first kappa shape index (κ1) is 40.4. The van der Waals surface area contributed by atoms with E-state index in [1.54, 1.807) is 24.5 Å². The second-order valence-corrected chi connectivity index (χ2v) is 15.8. The topological polar surface area (TPSA) is 193 Å². The van der Waals surface area contributed by atoms with Gasteiger partial charge in [0.15, 0.2) is 0 Å². The maximum Gasteiger partial charge on any atom is 0.324 e. The Kier molecular flexibility index (Phi) is 11.3. The molecule has 1 atom stereocenters. The molecule has 16 nitrogen and oxygen atoms in total. The SMILES string of the molecule is CC(C)(C)c1cc(NC(=O)Nc2ccc(-n3cnc4cc(OCCOCCNc5cccc6c5C(=O)N(C5CCC(=O)N(Cc7ccccc7)C5=O)C6=O)ccc43)cc2)[nH]n1. The molecular weight excluding hydrogens is 779 g/mol. The first-order valence-corrected chi connectivity index (χ1v) is 20.0. The Morgan fingerprint density at radius 3 is 2.44 bits per heavy atom. The summed E-state index contributed by atoms with van der Waals surface area (Å²) in [5.41, 5.74) is 5.46. The van der Waals surface area contributed by atoms with Crippen LogP contribution in [0.15, 0.2) is 103 Å². The van der Waals surface area contributed by atoms with Crippen LogP contribution in [0.2, 0.25) is 0 Å². The van der Waals surface area contributed by atoms with E-state index in [0.717, 1.165) is 37.8 Å². The highest BCUT2D eigenvalue weighted by Gasteiger charge is 2.47. The van der Waals surface area contributed by atoms with Crippen LogP contribution < -0.4 is 20.7 Å². The van der Waals surface area contributed by atoms with E-state index in [4.69, 9.17) is 9.47 Å². The molecule has 6 amide bonds. The number of carbonyl (C=O) groups excluding carboxylic acids is 5. The molecular formula is C45H45N9O7. The van der Waals surface area contributed by atoms with Gasteiger partial charge in [0.2, 0.25) is 5.91 Å². The summed E-state index contributed by atoms with van der Waals surface area (Å²) in [4.78, 5) is 72.8. The molecule has 1 fully saturated rings. The number of hydrogen-bond acceptors (Lipinski definition) is 10. The highest BCUT2D eigenvalue weighted by molar-refractivity contribution is 6.25. The fraction of sp³-hybridized carbons (Fsp3) is 0.267. The van der Waals surface area contributed by atoms with Crippen molar-refractivity contribution in [2.24, 2.45) is 0 Å². The number of carbonyl (C=O) groups is 5. The van der Waals surface area contributed by atoms with E-state index in [2.05, 4.69) is 31.1 Å². The number of nitrogens with one attached hydrogen (secondary N) is 4. The molecule has 0 saturated carbocycles. The second-order valence-electron chi connectivity index (χ2n) is 15.8. The summed E-state index contributed by atoms with van der Waals surface area (Å²) in [6.45, 7) is 7.44. The van der Waals surface area contributed by atoms with Gasteiger partial charge in [0.1, 0.15) is 30.5 Å². The third-order valence-electron chi connectivity index (χ3n) is 10.5. The summed E-state index contributed by atoms with van der Waals surface area (Å²) < 4.78 is 13.7. The van der Waals surface area contributed by atoms with E-state index >= 15 is 0 Å². The number of likely N-dealkylation sites (tertiary alicyclic amines) is 1. The minimum Gasteiger partial charge on any atom is -0.491 e. The minimum absolute atomic E-state index is 0.0492. The zero-order valence-corrected chi connectivity index (χ0v) is 33.9. The molecule has 312 valence electrons. The molecule has 1 unspecified atom stereocenters. The molecule has 16 heteroatoms. The van der Waals surface area contributed by atoms with Crippen molar-refractivity contribution in [3.63, 3.8) is 0 Å². The van der Waals surface area contributed by atoms with Gasteiger partial charge in [0, 0.05) is 47.6 Å². The summed E-state index contributed by atoms with van der Waals surface area (Å²) in [6, 6.07) is 27.5. The van der Waals surface area contributed by atoms with Gasteiger partial charge < -0.3 is 20.1 Å². The predicted molar refractivity (Wildman–Crippen MR) is 228 cm³/mol. The minimum atomic E-state index is -1.07. The van der Waals surface area contributed by atoms with Crippen LogP contribution in [0.25, 0.3) is 16.7 Å². The largest absolute Gasteiger partial charge is 0.491 e. The Morgan fingerprint density at radius 1 is 0.869 bits per heavy atom. The second kappa shape index (κ2) is 17.1. The summed E-state index contributed by atoms with van der Waals surface area (Å²) in [6.07, 6.45) is 1.85. The quantitative estimate of drug-likeness (QED) is 0.0695. The van der Waals surface area contributed by atoms with Gasteiger partial charge in [-0.15, -0.1) is 0 Å². The van der Waals surface area contributed by atoms with Crippen LogP contribution in [0.5, 0.6) is 5.75 Å². The molecule has 2 aromatic heterocycles. The van der Waals surface area contributed by atoms with E-state index in [1.165, 1.54) is 0 Å². The zero-order valence-electron chi connectivity index (χ0n) is 33.9. The molecule has 0 spiro atoms. The van der Waals surface area contributed by atoms with Gasteiger partial charge in [-0.2, -0.15) is 5.10 Å². The van der Waals surface area contributed by atoms with Gasteiger partial charge in [0.05, 0.1) is 47.6 Å². The molecule has 0 aliphatic carbocycles. The summed E-state index contributed by atoms with van der Waals surface area (Å²) in [5.74, 6) is -0.871.